The summed E-state index contributed by atoms with van der Waals surface area (Å²) in [5, 5.41) is 9.55. The lowest BCUT2D eigenvalue weighted by molar-refractivity contribution is 0.187. The number of rotatable bonds is 1. The lowest BCUT2D eigenvalue weighted by Crippen LogP contribution is -2.04. The molecule has 1 aliphatic carbocycles. The second kappa shape index (κ2) is 3.75. The van der Waals surface area contributed by atoms with E-state index in [9.17, 15) is 5.11 Å². The normalized spacial score (nSPS) is 20.4. The van der Waals surface area contributed by atoms with E-state index in [0.29, 0.717) is 5.88 Å². The van der Waals surface area contributed by atoms with Crippen LogP contribution in [0.2, 0.25) is 0 Å². The number of hydrogen-bond acceptors (Lipinski definition) is 1. The zero-order chi connectivity index (χ0) is 9.42. The van der Waals surface area contributed by atoms with Crippen molar-refractivity contribution in [2.24, 2.45) is 0 Å². The smallest absolute Gasteiger partial charge is 0.0621 e. The molecule has 0 fully saturated rings. The fourth-order valence-electron chi connectivity index (χ4n) is 1.86. The van der Waals surface area contributed by atoms with Gasteiger partial charge in [-0.2, -0.15) is 0 Å². The Bertz CT molecular complexity index is 338. The Balaban J connectivity index is 2.52. The maximum absolute atomic E-state index is 9.55. The molecule has 1 N–H and O–H groups in total. The Morgan fingerprint density at radius 3 is 2.77 bits per heavy atom. The molecule has 0 amide bonds. The summed E-state index contributed by atoms with van der Waals surface area (Å²) in [7, 11) is 0. The molecule has 0 unspecified atom stereocenters. The van der Waals surface area contributed by atoms with Crippen molar-refractivity contribution in [2.75, 3.05) is 0 Å². The molecule has 3 heteroatoms. The SMILES string of the molecule is O[C@H]1Cc2c(I)ccc(CCl)c2C1. The molecule has 2 rings (SSSR count). The van der Waals surface area contributed by atoms with Gasteiger partial charge in [0, 0.05) is 9.45 Å². The van der Waals surface area contributed by atoms with Crippen molar-refractivity contribution in [1.82, 2.24) is 0 Å². The van der Waals surface area contributed by atoms with Crippen LogP contribution in [0.15, 0.2) is 12.1 Å². The summed E-state index contributed by atoms with van der Waals surface area (Å²) >= 11 is 8.14. The molecule has 0 bridgehead atoms. The van der Waals surface area contributed by atoms with Crippen molar-refractivity contribution in [3.05, 3.63) is 32.4 Å². The quantitative estimate of drug-likeness (QED) is 0.624. The molecular weight excluding hydrogens is 298 g/mol. The van der Waals surface area contributed by atoms with Gasteiger partial charge in [0.25, 0.3) is 0 Å². The largest absolute Gasteiger partial charge is 0.392 e. The maximum Gasteiger partial charge on any atom is 0.0621 e. The van der Waals surface area contributed by atoms with Crippen LogP contribution in [-0.2, 0) is 18.7 Å². The molecule has 1 aromatic rings. The molecule has 0 saturated heterocycles. The number of alkyl halides is 1. The lowest BCUT2D eigenvalue weighted by atomic mass is 10.1. The summed E-state index contributed by atoms with van der Waals surface area (Å²) in [6.07, 6.45) is 1.36. The predicted octanol–water partition coefficient (Wildman–Crippen LogP) is 2.49. The average molecular weight is 309 g/mol. The Morgan fingerprint density at radius 1 is 1.38 bits per heavy atom. The minimum atomic E-state index is -0.201. The molecular formula is C10H10ClIO. The Kier molecular flexibility index (Phi) is 2.81. The fraction of sp³-hybridized carbons (Fsp3) is 0.400. The highest BCUT2D eigenvalue weighted by Gasteiger charge is 2.23. The predicted molar refractivity (Wildman–Crippen MR) is 62.1 cm³/mol. The third-order valence-electron chi connectivity index (χ3n) is 2.49. The summed E-state index contributed by atoms with van der Waals surface area (Å²) in [5.41, 5.74) is 3.74. The van der Waals surface area contributed by atoms with Crippen LogP contribution in [0.3, 0.4) is 0 Å². The average Bonchev–Trinajstić information content (AvgIpc) is 2.48. The lowest BCUT2D eigenvalue weighted by Gasteiger charge is -2.06. The minimum absolute atomic E-state index is 0.201. The van der Waals surface area contributed by atoms with Crippen LogP contribution in [-0.4, -0.2) is 11.2 Å². The molecule has 13 heavy (non-hydrogen) atoms. The van der Waals surface area contributed by atoms with Crippen LogP contribution < -0.4 is 0 Å². The summed E-state index contributed by atoms with van der Waals surface area (Å²) < 4.78 is 1.25. The van der Waals surface area contributed by atoms with E-state index in [0.717, 1.165) is 12.8 Å². The molecule has 1 atom stereocenters. The minimum Gasteiger partial charge on any atom is -0.392 e. The first-order chi connectivity index (χ1) is 6.22. The van der Waals surface area contributed by atoms with Gasteiger partial charge >= 0.3 is 0 Å². The van der Waals surface area contributed by atoms with E-state index in [1.54, 1.807) is 0 Å². The van der Waals surface area contributed by atoms with Crippen LogP contribution >= 0.6 is 34.2 Å². The second-order valence-electron chi connectivity index (χ2n) is 3.36. The van der Waals surface area contributed by atoms with Gasteiger partial charge in [0.15, 0.2) is 0 Å². The standard InChI is InChI=1S/C10H10ClIO/c11-5-6-1-2-10(12)9-4-7(13)3-8(6)9/h1-2,7,13H,3-5H2/t7-/m1/s1. The van der Waals surface area contributed by atoms with Crippen LogP contribution in [0.4, 0.5) is 0 Å². The number of aliphatic hydroxyl groups is 1. The number of fused-ring (bicyclic) bond motifs is 1. The van der Waals surface area contributed by atoms with Gasteiger partial charge < -0.3 is 5.11 Å². The fourth-order valence-corrected chi connectivity index (χ4v) is 2.83. The first-order valence-corrected chi connectivity index (χ1v) is 5.87. The molecule has 1 aliphatic rings. The highest BCUT2D eigenvalue weighted by Crippen LogP contribution is 2.30. The number of halogens is 2. The van der Waals surface area contributed by atoms with Crippen molar-refractivity contribution in [2.45, 2.75) is 24.8 Å². The monoisotopic (exact) mass is 308 g/mol. The van der Waals surface area contributed by atoms with Crippen molar-refractivity contribution in [1.29, 1.82) is 0 Å². The van der Waals surface area contributed by atoms with E-state index in [1.807, 2.05) is 0 Å². The van der Waals surface area contributed by atoms with Crippen LogP contribution in [0, 0.1) is 3.57 Å². The van der Waals surface area contributed by atoms with E-state index >= 15 is 0 Å². The van der Waals surface area contributed by atoms with E-state index in [-0.39, 0.29) is 6.10 Å². The Labute approximate surface area is 96.2 Å². The molecule has 0 saturated carbocycles. The summed E-state index contributed by atoms with van der Waals surface area (Å²) in [6, 6.07) is 4.14. The molecule has 0 heterocycles. The molecule has 0 spiro atoms. The van der Waals surface area contributed by atoms with Gasteiger partial charge in [-0.1, -0.05) is 6.07 Å². The molecule has 0 aromatic heterocycles. The van der Waals surface area contributed by atoms with Gasteiger partial charge in [-0.25, -0.2) is 0 Å². The van der Waals surface area contributed by atoms with Gasteiger partial charge in [-0.15, -0.1) is 11.6 Å². The van der Waals surface area contributed by atoms with E-state index in [2.05, 4.69) is 34.7 Å². The Morgan fingerprint density at radius 2 is 2.08 bits per heavy atom. The second-order valence-corrected chi connectivity index (χ2v) is 4.79. The van der Waals surface area contributed by atoms with Crippen molar-refractivity contribution in [3.63, 3.8) is 0 Å². The van der Waals surface area contributed by atoms with Crippen LogP contribution in [0.5, 0.6) is 0 Å². The van der Waals surface area contributed by atoms with Gasteiger partial charge in [-0.3, -0.25) is 0 Å². The summed E-state index contributed by atoms with van der Waals surface area (Å²) in [4.78, 5) is 0. The number of hydrogen-bond donors (Lipinski definition) is 1. The number of benzene rings is 1. The first-order valence-electron chi connectivity index (χ1n) is 4.25. The van der Waals surface area contributed by atoms with Crippen LogP contribution in [0.25, 0.3) is 0 Å². The summed E-state index contributed by atoms with van der Waals surface area (Å²) in [5.74, 6) is 0.548. The molecule has 0 radical (unpaired) electrons. The van der Waals surface area contributed by atoms with Crippen molar-refractivity contribution >= 4 is 34.2 Å². The molecule has 70 valence electrons. The molecule has 1 nitrogen and oxygen atoms in total. The third-order valence-corrected chi connectivity index (χ3v) is 3.79. The van der Waals surface area contributed by atoms with Gasteiger partial charge in [0.2, 0.25) is 0 Å². The highest BCUT2D eigenvalue weighted by atomic mass is 127. The Hall–Kier alpha value is 0.200. The molecule has 0 aliphatic heterocycles. The molecule has 1 aromatic carbocycles. The maximum atomic E-state index is 9.55. The van der Waals surface area contributed by atoms with E-state index < -0.39 is 0 Å². The zero-order valence-electron chi connectivity index (χ0n) is 7.06. The highest BCUT2D eigenvalue weighted by molar-refractivity contribution is 14.1. The topological polar surface area (TPSA) is 20.2 Å². The zero-order valence-corrected chi connectivity index (χ0v) is 9.97. The number of aliphatic hydroxyl groups excluding tert-OH is 1. The van der Waals surface area contributed by atoms with Crippen molar-refractivity contribution < 1.29 is 5.11 Å². The first kappa shape index (κ1) is 9.74. The van der Waals surface area contributed by atoms with Crippen LogP contribution in [0.1, 0.15) is 16.7 Å². The van der Waals surface area contributed by atoms with Gasteiger partial charge in [-0.05, 0) is 58.2 Å². The van der Waals surface area contributed by atoms with E-state index in [4.69, 9.17) is 11.6 Å². The van der Waals surface area contributed by atoms with Gasteiger partial charge in [0.05, 0.1) is 6.10 Å². The summed E-state index contributed by atoms with van der Waals surface area (Å²) in [6.45, 7) is 0. The van der Waals surface area contributed by atoms with Gasteiger partial charge in [0.1, 0.15) is 0 Å². The van der Waals surface area contributed by atoms with E-state index in [1.165, 1.54) is 20.3 Å². The van der Waals surface area contributed by atoms with Crippen molar-refractivity contribution in [3.8, 4) is 0 Å². The third kappa shape index (κ3) is 1.72.